The summed E-state index contributed by atoms with van der Waals surface area (Å²) in [5.74, 6) is 0.749. The topological polar surface area (TPSA) is 49.6 Å². The summed E-state index contributed by atoms with van der Waals surface area (Å²) in [6.45, 7) is 7.73. The van der Waals surface area contributed by atoms with E-state index in [0.29, 0.717) is 24.8 Å². The Morgan fingerprint density at radius 1 is 1.39 bits per heavy atom. The molecular weight excluding hydrogens is 286 g/mol. The second kappa shape index (κ2) is 8.46. The lowest BCUT2D eigenvalue weighted by Crippen LogP contribution is -2.50. The molecule has 4 heteroatoms. The second-order valence-electron chi connectivity index (χ2n) is 6.79. The Balaban J connectivity index is 1.83. The zero-order valence-electron chi connectivity index (χ0n) is 14.7. The van der Waals surface area contributed by atoms with Gasteiger partial charge in [0, 0.05) is 38.6 Å². The molecule has 3 atom stereocenters. The summed E-state index contributed by atoms with van der Waals surface area (Å²) in [7, 11) is 1.96. The van der Waals surface area contributed by atoms with Gasteiger partial charge in [0.25, 0.3) is 0 Å². The maximum atomic E-state index is 12.5. The van der Waals surface area contributed by atoms with Crippen LogP contribution in [0.4, 0.5) is 0 Å². The van der Waals surface area contributed by atoms with Crippen molar-refractivity contribution in [1.29, 1.82) is 0 Å². The molecule has 1 aromatic carbocycles. The summed E-state index contributed by atoms with van der Waals surface area (Å²) >= 11 is 0. The van der Waals surface area contributed by atoms with Gasteiger partial charge < -0.3 is 15.5 Å². The maximum absolute atomic E-state index is 12.5. The largest absolute Gasteiger partial charge is 0.342 e. The monoisotopic (exact) mass is 317 g/mol. The summed E-state index contributed by atoms with van der Waals surface area (Å²) in [6.07, 6.45) is 2.30. The highest BCUT2D eigenvalue weighted by molar-refractivity contribution is 5.76. The first kappa shape index (κ1) is 18.0. The van der Waals surface area contributed by atoms with Crippen molar-refractivity contribution in [1.82, 2.24) is 9.80 Å². The Hall–Kier alpha value is -1.39. The molecule has 0 aliphatic carbocycles. The highest BCUT2D eigenvalue weighted by Crippen LogP contribution is 2.23. The van der Waals surface area contributed by atoms with E-state index in [2.05, 4.69) is 18.7 Å². The number of piperidine rings is 1. The van der Waals surface area contributed by atoms with Crippen molar-refractivity contribution in [2.45, 2.75) is 45.2 Å². The van der Waals surface area contributed by atoms with Crippen LogP contribution in [-0.4, -0.2) is 48.4 Å². The van der Waals surface area contributed by atoms with Crippen molar-refractivity contribution in [2.75, 3.05) is 26.7 Å². The van der Waals surface area contributed by atoms with Crippen LogP contribution in [0.2, 0.25) is 0 Å². The third-order valence-corrected chi connectivity index (χ3v) is 5.18. The number of rotatable bonds is 6. The summed E-state index contributed by atoms with van der Waals surface area (Å²) in [6, 6.07) is 10.3. The van der Waals surface area contributed by atoms with Gasteiger partial charge in [-0.25, -0.2) is 0 Å². The molecule has 1 aliphatic heterocycles. The van der Waals surface area contributed by atoms with Gasteiger partial charge in [-0.1, -0.05) is 44.2 Å². The van der Waals surface area contributed by atoms with Gasteiger partial charge in [0.2, 0.25) is 5.91 Å². The van der Waals surface area contributed by atoms with E-state index in [4.69, 9.17) is 5.73 Å². The number of amides is 1. The third-order valence-electron chi connectivity index (χ3n) is 5.18. The fraction of sp³-hybridized carbons (Fsp3) is 0.632. The Morgan fingerprint density at radius 3 is 2.70 bits per heavy atom. The van der Waals surface area contributed by atoms with Crippen molar-refractivity contribution >= 4 is 5.91 Å². The van der Waals surface area contributed by atoms with Crippen molar-refractivity contribution in [3.05, 3.63) is 35.9 Å². The van der Waals surface area contributed by atoms with Gasteiger partial charge in [-0.05, 0) is 30.9 Å². The van der Waals surface area contributed by atoms with Gasteiger partial charge in [0.05, 0.1) is 0 Å². The van der Waals surface area contributed by atoms with Crippen molar-refractivity contribution in [3.63, 3.8) is 0 Å². The molecule has 1 heterocycles. The minimum Gasteiger partial charge on any atom is -0.342 e. The van der Waals surface area contributed by atoms with Gasteiger partial charge in [-0.3, -0.25) is 4.79 Å². The quantitative estimate of drug-likeness (QED) is 0.877. The number of hydrogen-bond donors (Lipinski definition) is 1. The van der Waals surface area contributed by atoms with E-state index in [1.165, 1.54) is 0 Å². The van der Waals surface area contributed by atoms with E-state index in [1.54, 1.807) is 0 Å². The molecule has 23 heavy (non-hydrogen) atoms. The smallest absolute Gasteiger partial charge is 0.222 e. The number of nitrogens with zero attached hydrogens (tertiary/aromatic N) is 2. The third kappa shape index (κ3) is 4.79. The summed E-state index contributed by atoms with van der Waals surface area (Å²) < 4.78 is 0. The Morgan fingerprint density at radius 2 is 2.09 bits per heavy atom. The van der Waals surface area contributed by atoms with Gasteiger partial charge in [-0.15, -0.1) is 0 Å². The lowest BCUT2D eigenvalue weighted by atomic mass is 9.92. The zero-order chi connectivity index (χ0) is 16.8. The van der Waals surface area contributed by atoms with E-state index in [0.717, 1.165) is 31.6 Å². The first-order valence-corrected chi connectivity index (χ1v) is 8.81. The molecule has 0 spiro atoms. The van der Waals surface area contributed by atoms with E-state index in [9.17, 15) is 4.79 Å². The average Bonchev–Trinajstić information content (AvgIpc) is 2.59. The van der Waals surface area contributed by atoms with Crippen LogP contribution in [0.3, 0.4) is 0 Å². The lowest BCUT2D eigenvalue weighted by molar-refractivity contribution is -0.134. The molecule has 0 saturated carbocycles. The van der Waals surface area contributed by atoms with Crippen LogP contribution in [0.1, 0.15) is 44.7 Å². The Bertz CT molecular complexity index is 491. The van der Waals surface area contributed by atoms with E-state index in [1.807, 2.05) is 42.3 Å². The van der Waals surface area contributed by atoms with Crippen LogP contribution in [-0.2, 0) is 4.79 Å². The minimum absolute atomic E-state index is 0.0621. The molecule has 1 fully saturated rings. The summed E-state index contributed by atoms with van der Waals surface area (Å²) in [5.41, 5.74) is 7.31. The average molecular weight is 317 g/mol. The predicted octanol–water partition coefficient (Wildman–Crippen LogP) is 2.66. The number of carbonyl (C=O) groups is 1. The summed E-state index contributed by atoms with van der Waals surface area (Å²) in [5, 5.41) is 0. The van der Waals surface area contributed by atoms with E-state index >= 15 is 0 Å². The first-order valence-electron chi connectivity index (χ1n) is 8.81. The molecule has 0 aromatic heterocycles. The van der Waals surface area contributed by atoms with Crippen LogP contribution < -0.4 is 5.73 Å². The number of carbonyl (C=O) groups excluding carboxylic acids is 1. The molecule has 0 radical (unpaired) electrons. The van der Waals surface area contributed by atoms with E-state index in [-0.39, 0.29) is 11.9 Å². The van der Waals surface area contributed by atoms with Crippen LogP contribution in [0, 0.1) is 5.92 Å². The van der Waals surface area contributed by atoms with Gasteiger partial charge in [0.1, 0.15) is 0 Å². The number of hydrogen-bond acceptors (Lipinski definition) is 3. The number of likely N-dealkylation sites (tertiary alicyclic amines) is 1. The van der Waals surface area contributed by atoms with Gasteiger partial charge >= 0.3 is 0 Å². The molecule has 2 rings (SSSR count). The predicted molar refractivity (Wildman–Crippen MR) is 95.1 cm³/mol. The second-order valence-corrected chi connectivity index (χ2v) is 6.79. The molecule has 1 amide bonds. The SMILES string of the molecule is CCN1CC[C@H](N(C)C(=O)CC[C@@H](N)c2ccccc2)[C@H](C)C1. The maximum Gasteiger partial charge on any atom is 0.222 e. The molecule has 0 bridgehead atoms. The normalized spacial score (nSPS) is 23.5. The van der Waals surface area contributed by atoms with Gasteiger partial charge in [0.15, 0.2) is 0 Å². The Kier molecular flexibility index (Phi) is 6.60. The molecule has 0 unspecified atom stereocenters. The molecule has 2 N–H and O–H groups in total. The fourth-order valence-electron chi connectivity index (χ4n) is 3.59. The molecule has 1 aromatic rings. The van der Waals surface area contributed by atoms with Crippen LogP contribution in [0.5, 0.6) is 0 Å². The molecule has 1 aliphatic rings. The fourth-order valence-corrected chi connectivity index (χ4v) is 3.59. The zero-order valence-corrected chi connectivity index (χ0v) is 14.7. The van der Waals surface area contributed by atoms with Crippen LogP contribution in [0.25, 0.3) is 0 Å². The Labute approximate surface area is 140 Å². The van der Waals surface area contributed by atoms with Crippen molar-refractivity contribution < 1.29 is 4.79 Å². The molecule has 4 nitrogen and oxygen atoms in total. The minimum atomic E-state index is -0.0621. The van der Waals surface area contributed by atoms with Crippen LogP contribution >= 0.6 is 0 Å². The standard InChI is InChI=1S/C19H31N3O/c1-4-22-13-12-18(15(2)14-22)21(3)19(23)11-10-17(20)16-8-6-5-7-9-16/h5-9,15,17-18H,4,10-14,20H2,1-3H3/t15-,17-,18+/m1/s1. The highest BCUT2D eigenvalue weighted by Gasteiger charge is 2.30. The molecule has 128 valence electrons. The summed E-state index contributed by atoms with van der Waals surface area (Å²) in [4.78, 5) is 17.0. The molecular formula is C19H31N3O. The first-order chi connectivity index (χ1) is 11.0. The van der Waals surface area contributed by atoms with Gasteiger partial charge in [-0.2, -0.15) is 0 Å². The van der Waals surface area contributed by atoms with E-state index < -0.39 is 0 Å². The number of nitrogens with two attached hydrogens (primary N) is 1. The highest BCUT2D eigenvalue weighted by atomic mass is 16.2. The lowest BCUT2D eigenvalue weighted by Gasteiger charge is -2.41. The van der Waals surface area contributed by atoms with Crippen molar-refractivity contribution in [3.8, 4) is 0 Å². The molecule has 1 saturated heterocycles. The number of benzene rings is 1. The van der Waals surface area contributed by atoms with Crippen LogP contribution in [0.15, 0.2) is 30.3 Å². The van der Waals surface area contributed by atoms with Crippen molar-refractivity contribution in [2.24, 2.45) is 11.7 Å².